The highest BCUT2D eigenvalue weighted by Crippen LogP contribution is 2.65. The van der Waals surface area contributed by atoms with Crippen LogP contribution in [0, 0.1) is 46.3 Å². The SMILES string of the molecule is C=CCCC(=O)c1ccc(-c2ccc(Cl)cc2Cl)cc1.C[C@@H]1C2CC(C[C@H]1[B]Cl)C2(C)C.C[C@H]1C2CC(C[C@@H]1[B]Cl)C2(C)C. The van der Waals surface area contributed by atoms with E-state index < -0.39 is 0 Å². The maximum Gasteiger partial charge on any atom is 0.242 e. The molecule has 1 nitrogen and oxygen atoms in total. The van der Waals surface area contributed by atoms with Gasteiger partial charge < -0.3 is 0 Å². The fraction of sp³-hybridized carbons (Fsp3) is 0.595. The van der Waals surface area contributed by atoms with Gasteiger partial charge in [-0.1, -0.05) is 114 Å². The first kappa shape index (κ1) is 36.0. The van der Waals surface area contributed by atoms with Crippen LogP contribution in [0.5, 0.6) is 0 Å². The zero-order valence-electron chi connectivity index (χ0n) is 27.3. The van der Waals surface area contributed by atoms with Crippen molar-refractivity contribution < 1.29 is 4.79 Å². The van der Waals surface area contributed by atoms with Crippen molar-refractivity contribution in [2.45, 2.75) is 91.7 Å². The van der Waals surface area contributed by atoms with Gasteiger partial charge in [0.05, 0.1) is 0 Å². The lowest BCUT2D eigenvalue weighted by molar-refractivity contribution is -0.0982. The van der Waals surface area contributed by atoms with Crippen molar-refractivity contribution in [1.82, 2.24) is 0 Å². The second-order valence-electron chi connectivity index (χ2n) is 14.9. The normalized spacial score (nSPS) is 31.8. The van der Waals surface area contributed by atoms with Crippen molar-refractivity contribution in [1.29, 1.82) is 0 Å². The third-order valence-corrected chi connectivity index (χ3v) is 13.4. The lowest BCUT2D eigenvalue weighted by atomic mass is 9.41. The minimum Gasteiger partial charge on any atom is -0.294 e. The van der Waals surface area contributed by atoms with Crippen LogP contribution in [0.1, 0.15) is 90.4 Å². The number of halogens is 4. The Morgan fingerprint density at radius 3 is 1.73 bits per heavy atom. The molecule has 0 spiro atoms. The van der Waals surface area contributed by atoms with Crippen LogP contribution in [0.3, 0.4) is 0 Å². The lowest BCUT2D eigenvalue weighted by Crippen LogP contribution is -2.54. The average Bonchev–Trinajstić information content (AvgIpc) is 3.00. The molecule has 44 heavy (non-hydrogen) atoms. The highest BCUT2D eigenvalue weighted by Gasteiger charge is 2.56. The van der Waals surface area contributed by atoms with Crippen LogP contribution in [0.2, 0.25) is 21.7 Å². The number of carbonyl (C=O) groups excluding carboxylic acids is 1. The van der Waals surface area contributed by atoms with E-state index in [9.17, 15) is 4.79 Å². The van der Waals surface area contributed by atoms with Crippen LogP contribution >= 0.6 is 46.1 Å². The molecule has 0 aliphatic heterocycles. The molecule has 0 amide bonds. The van der Waals surface area contributed by atoms with E-state index in [0.29, 0.717) is 50.9 Å². The molecule has 2 aromatic rings. The monoisotopic (exact) mass is 670 g/mol. The first-order chi connectivity index (χ1) is 20.8. The Bertz CT molecular complexity index is 1250. The zero-order chi connectivity index (χ0) is 32.4. The van der Waals surface area contributed by atoms with E-state index in [1.54, 1.807) is 18.2 Å². The summed E-state index contributed by atoms with van der Waals surface area (Å²) in [5.74, 6) is 6.85. The van der Waals surface area contributed by atoms with E-state index in [0.717, 1.165) is 46.6 Å². The number of allylic oxidation sites excluding steroid dienone is 1. The molecule has 7 heteroatoms. The maximum absolute atomic E-state index is 11.9. The predicted octanol–water partition coefficient (Wildman–Crippen LogP) is 12.5. The van der Waals surface area contributed by atoms with Crippen LogP contribution in [-0.4, -0.2) is 19.2 Å². The van der Waals surface area contributed by atoms with Gasteiger partial charge >= 0.3 is 0 Å². The van der Waals surface area contributed by atoms with Gasteiger partial charge in [0.15, 0.2) is 5.78 Å². The van der Waals surface area contributed by atoms with Crippen LogP contribution in [0.4, 0.5) is 0 Å². The third-order valence-electron chi connectivity index (χ3n) is 12.2. The van der Waals surface area contributed by atoms with Crippen LogP contribution in [0.15, 0.2) is 55.1 Å². The summed E-state index contributed by atoms with van der Waals surface area (Å²) in [6, 6.07) is 12.8. The summed E-state index contributed by atoms with van der Waals surface area (Å²) in [5.41, 5.74) is 3.79. The van der Waals surface area contributed by atoms with Gasteiger partial charge in [-0.25, -0.2) is 22.9 Å². The van der Waals surface area contributed by atoms with E-state index in [-0.39, 0.29) is 5.78 Å². The first-order valence-electron chi connectivity index (χ1n) is 16.3. The molecule has 0 saturated heterocycles. The Morgan fingerprint density at radius 1 is 0.841 bits per heavy atom. The molecule has 8 atom stereocenters. The van der Waals surface area contributed by atoms with E-state index >= 15 is 0 Å². The predicted molar refractivity (Wildman–Crippen MR) is 195 cm³/mol. The third kappa shape index (κ3) is 7.48. The van der Waals surface area contributed by atoms with E-state index in [1.807, 2.05) is 43.7 Å². The second-order valence-corrected chi connectivity index (χ2v) is 16.3. The molecular formula is C37H48B2Cl4O. The van der Waals surface area contributed by atoms with E-state index in [2.05, 4.69) is 48.1 Å². The number of hydrogen-bond acceptors (Lipinski definition) is 1. The molecule has 2 aromatic carbocycles. The minimum atomic E-state index is 0.124. The molecule has 236 valence electrons. The molecule has 6 saturated carbocycles. The number of hydrogen-bond donors (Lipinski definition) is 0. The molecule has 6 fully saturated rings. The smallest absolute Gasteiger partial charge is 0.242 e. The van der Waals surface area contributed by atoms with Crippen LogP contribution < -0.4 is 0 Å². The molecule has 6 aliphatic rings. The Labute approximate surface area is 288 Å². The molecule has 4 unspecified atom stereocenters. The van der Waals surface area contributed by atoms with E-state index in [1.165, 1.54) is 25.7 Å². The molecule has 6 aliphatic carbocycles. The summed E-state index contributed by atoms with van der Waals surface area (Å²) in [6.45, 7) is 21.8. The Kier molecular flexibility index (Phi) is 12.2. The highest BCUT2D eigenvalue weighted by molar-refractivity contribution is 6.94. The fourth-order valence-electron chi connectivity index (χ4n) is 8.65. The van der Waals surface area contributed by atoms with Gasteiger partial charge in [0.1, 0.15) is 0 Å². The van der Waals surface area contributed by atoms with Crippen molar-refractivity contribution in [3.05, 3.63) is 70.7 Å². The van der Waals surface area contributed by atoms with Gasteiger partial charge in [-0.3, -0.25) is 4.79 Å². The number of Topliss-reactive ketones (excluding diaryl/α,β-unsaturated/α-hetero) is 1. The molecule has 4 bridgehead atoms. The molecule has 0 aromatic heterocycles. The molecule has 8 rings (SSSR count). The van der Waals surface area contributed by atoms with Crippen molar-refractivity contribution >= 4 is 65.3 Å². The number of carbonyl (C=O) groups is 1. The quantitative estimate of drug-likeness (QED) is 0.163. The van der Waals surface area contributed by atoms with E-state index in [4.69, 9.17) is 46.1 Å². The summed E-state index contributed by atoms with van der Waals surface area (Å²) in [4.78, 5) is 11.9. The van der Waals surface area contributed by atoms with Crippen molar-refractivity contribution in [2.75, 3.05) is 0 Å². The van der Waals surface area contributed by atoms with Gasteiger partial charge in [0.25, 0.3) is 0 Å². The number of ketones is 1. The minimum absolute atomic E-state index is 0.124. The summed E-state index contributed by atoms with van der Waals surface area (Å²) >= 11 is 23.7. The first-order valence-corrected chi connectivity index (χ1v) is 18.0. The number of fused-ring (bicyclic) bond motifs is 4. The molecule has 2 radical (unpaired) electrons. The van der Waals surface area contributed by atoms with Crippen LogP contribution in [0.25, 0.3) is 11.1 Å². The lowest BCUT2D eigenvalue weighted by Gasteiger charge is -2.62. The van der Waals surface area contributed by atoms with Crippen LogP contribution in [-0.2, 0) is 0 Å². The van der Waals surface area contributed by atoms with Gasteiger partial charge in [-0.2, -0.15) is 0 Å². The zero-order valence-corrected chi connectivity index (χ0v) is 30.3. The Hall–Kier alpha value is -0.860. The average molecular weight is 672 g/mol. The number of benzene rings is 2. The number of rotatable bonds is 7. The van der Waals surface area contributed by atoms with Gasteiger partial charge in [-0.15, -0.1) is 6.58 Å². The van der Waals surface area contributed by atoms with Crippen molar-refractivity contribution in [3.63, 3.8) is 0 Å². The largest absolute Gasteiger partial charge is 0.294 e. The second kappa shape index (κ2) is 14.9. The maximum atomic E-state index is 11.9. The standard InChI is InChI=1S/C17H14Cl2O.2C10H17BCl/c1-2-3-4-17(20)13-7-5-12(6-8-13)15-10-9-14(18)11-16(15)19;2*1-6-8-4-7(10(8,2)3)5-9(6)11-12/h2,5-11H,1,3-4H2;2*6-9H,4-5H2,1-3H3/t;2*6-,7?,8?,9-/m.10/s1. The summed E-state index contributed by atoms with van der Waals surface area (Å²) in [5, 5.41) is 1.21. The highest BCUT2D eigenvalue weighted by atomic mass is 35.5. The van der Waals surface area contributed by atoms with Crippen molar-refractivity contribution in [2.24, 2.45) is 46.3 Å². The Morgan fingerprint density at radius 2 is 1.34 bits per heavy atom. The van der Waals surface area contributed by atoms with Gasteiger partial charge in [0, 0.05) is 27.6 Å². The van der Waals surface area contributed by atoms with Crippen molar-refractivity contribution in [3.8, 4) is 11.1 Å². The molecule has 0 N–H and O–H groups in total. The molecule has 0 heterocycles. The van der Waals surface area contributed by atoms with Gasteiger partial charge in [-0.05, 0) is 94.9 Å². The topological polar surface area (TPSA) is 17.1 Å². The Balaban J connectivity index is 0.000000159. The summed E-state index contributed by atoms with van der Waals surface area (Å²) in [6.07, 6.45) is 8.50. The summed E-state index contributed by atoms with van der Waals surface area (Å²) in [7, 11) is 0. The van der Waals surface area contributed by atoms with Gasteiger partial charge in [0.2, 0.25) is 13.4 Å². The summed E-state index contributed by atoms with van der Waals surface area (Å²) < 4.78 is 0. The fourth-order valence-corrected chi connectivity index (χ4v) is 9.83. The molecular weight excluding hydrogens is 624 g/mol.